The van der Waals surface area contributed by atoms with Gasteiger partial charge in [0.05, 0.1) is 31.6 Å². The average Bonchev–Trinajstić information content (AvgIpc) is 3.24. The summed E-state index contributed by atoms with van der Waals surface area (Å²) in [5.41, 5.74) is 2.02. The standard InChI is InChI=1S/C18H24N2O3S/c1-12(21)13-7-8-20(9-13)10-14-11-24-18(19-14)15-5-4-6-16(22-2)17(15)23-3/h4-6,11-13,21H,7-10H2,1-3H3. The van der Waals surface area contributed by atoms with Crippen molar-refractivity contribution in [1.29, 1.82) is 0 Å². The molecule has 1 N–H and O–H groups in total. The van der Waals surface area contributed by atoms with E-state index < -0.39 is 0 Å². The molecule has 1 aliphatic heterocycles. The van der Waals surface area contributed by atoms with Gasteiger partial charge in [0, 0.05) is 18.5 Å². The number of likely N-dealkylation sites (tertiary alicyclic amines) is 1. The Morgan fingerprint density at radius 1 is 1.38 bits per heavy atom. The van der Waals surface area contributed by atoms with E-state index in [1.165, 1.54) is 0 Å². The van der Waals surface area contributed by atoms with Crippen molar-refractivity contribution < 1.29 is 14.6 Å². The van der Waals surface area contributed by atoms with E-state index in [2.05, 4.69) is 10.3 Å². The van der Waals surface area contributed by atoms with E-state index in [-0.39, 0.29) is 6.10 Å². The first kappa shape index (κ1) is 17.2. The molecule has 0 spiro atoms. The average molecular weight is 348 g/mol. The van der Waals surface area contributed by atoms with E-state index in [1.54, 1.807) is 25.6 Å². The lowest BCUT2D eigenvalue weighted by Gasteiger charge is -2.16. The fourth-order valence-corrected chi connectivity index (χ4v) is 4.02. The molecule has 6 heteroatoms. The van der Waals surface area contributed by atoms with Crippen molar-refractivity contribution in [3.63, 3.8) is 0 Å². The van der Waals surface area contributed by atoms with Crippen LogP contribution in [0, 0.1) is 5.92 Å². The SMILES string of the molecule is COc1cccc(-c2nc(CN3CCC(C(C)O)C3)cs2)c1OC. The number of hydrogen-bond donors (Lipinski definition) is 1. The van der Waals surface area contributed by atoms with Crippen LogP contribution in [0.4, 0.5) is 0 Å². The Labute approximate surface area is 146 Å². The van der Waals surface area contributed by atoms with Gasteiger partial charge in [-0.05, 0) is 37.9 Å². The zero-order valence-electron chi connectivity index (χ0n) is 14.4. The second kappa shape index (κ2) is 7.51. The second-order valence-electron chi connectivity index (χ2n) is 6.21. The van der Waals surface area contributed by atoms with Crippen LogP contribution in [-0.2, 0) is 6.54 Å². The Bertz CT molecular complexity index is 687. The van der Waals surface area contributed by atoms with Crippen LogP contribution in [0.1, 0.15) is 19.0 Å². The Morgan fingerprint density at radius 2 is 2.21 bits per heavy atom. The molecule has 24 heavy (non-hydrogen) atoms. The van der Waals surface area contributed by atoms with Crippen LogP contribution >= 0.6 is 11.3 Å². The van der Waals surface area contributed by atoms with Crippen LogP contribution in [0.2, 0.25) is 0 Å². The number of para-hydroxylation sites is 1. The highest BCUT2D eigenvalue weighted by Gasteiger charge is 2.26. The van der Waals surface area contributed by atoms with E-state index in [4.69, 9.17) is 14.5 Å². The first-order chi connectivity index (χ1) is 11.6. The molecule has 2 unspecified atom stereocenters. The lowest BCUT2D eigenvalue weighted by molar-refractivity contribution is 0.127. The number of nitrogens with zero attached hydrogens (tertiary/aromatic N) is 2. The molecule has 0 bridgehead atoms. The highest BCUT2D eigenvalue weighted by Crippen LogP contribution is 2.39. The molecule has 1 aromatic heterocycles. The van der Waals surface area contributed by atoms with E-state index in [0.29, 0.717) is 11.7 Å². The summed E-state index contributed by atoms with van der Waals surface area (Å²) >= 11 is 1.62. The normalized spacial score (nSPS) is 19.4. The third-order valence-electron chi connectivity index (χ3n) is 4.56. The van der Waals surface area contributed by atoms with Crippen LogP contribution in [0.3, 0.4) is 0 Å². The molecular weight excluding hydrogens is 324 g/mol. The summed E-state index contributed by atoms with van der Waals surface area (Å²) in [6.45, 7) is 4.66. The highest BCUT2D eigenvalue weighted by atomic mass is 32.1. The van der Waals surface area contributed by atoms with Crippen LogP contribution in [0.25, 0.3) is 10.6 Å². The maximum atomic E-state index is 9.73. The van der Waals surface area contributed by atoms with Gasteiger partial charge >= 0.3 is 0 Å². The highest BCUT2D eigenvalue weighted by molar-refractivity contribution is 7.13. The van der Waals surface area contributed by atoms with Crippen molar-refractivity contribution in [2.24, 2.45) is 5.92 Å². The Balaban J connectivity index is 1.75. The molecule has 2 aromatic rings. The zero-order chi connectivity index (χ0) is 17.1. The smallest absolute Gasteiger partial charge is 0.170 e. The summed E-state index contributed by atoms with van der Waals surface area (Å²) in [7, 11) is 3.29. The fourth-order valence-electron chi connectivity index (χ4n) is 3.19. The topological polar surface area (TPSA) is 54.8 Å². The summed E-state index contributed by atoms with van der Waals surface area (Å²) in [6.07, 6.45) is 0.820. The van der Waals surface area contributed by atoms with E-state index in [1.807, 2.05) is 25.1 Å². The predicted octanol–water partition coefficient (Wildman–Crippen LogP) is 3.03. The molecule has 0 amide bonds. The zero-order valence-corrected chi connectivity index (χ0v) is 15.2. The fraction of sp³-hybridized carbons (Fsp3) is 0.500. The second-order valence-corrected chi connectivity index (χ2v) is 7.07. The van der Waals surface area contributed by atoms with Gasteiger partial charge < -0.3 is 14.6 Å². The number of aromatic nitrogens is 1. The molecule has 1 aliphatic rings. The number of benzene rings is 1. The Hall–Kier alpha value is -1.63. The molecule has 2 heterocycles. The minimum atomic E-state index is -0.234. The molecule has 1 saturated heterocycles. The molecule has 0 radical (unpaired) electrons. The monoisotopic (exact) mass is 348 g/mol. The van der Waals surface area contributed by atoms with E-state index in [0.717, 1.165) is 48.1 Å². The van der Waals surface area contributed by atoms with Crippen LogP contribution in [0.15, 0.2) is 23.6 Å². The number of methoxy groups -OCH3 is 2. The van der Waals surface area contributed by atoms with Gasteiger partial charge in [-0.1, -0.05) is 6.07 Å². The summed E-state index contributed by atoms with van der Waals surface area (Å²) in [4.78, 5) is 7.14. The summed E-state index contributed by atoms with van der Waals surface area (Å²) in [5, 5.41) is 12.8. The summed E-state index contributed by atoms with van der Waals surface area (Å²) in [6, 6.07) is 5.84. The quantitative estimate of drug-likeness (QED) is 0.870. The largest absolute Gasteiger partial charge is 0.493 e. The number of ether oxygens (including phenoxy) is 2. The molecule has 1 aromatic carbocycles. The number of thiazole rings is 1. The first-order valence-corrected chi connectivity index (χ1v) is 9.06. The molecule has 5 nitrogen and oxygen atoms in total. The molecular formula is C18H24N2O3S. The molecule has 130 valence electrons. The van der Waals surface area contributed by atoms with Crippen molar-refractivity contribution in [3.05, 3.63) is 29.3 Å². The maximum absolute atomic E-state index is 9.73. The third-order valence-corrected chi connectivity index (χ3v) is 5.49. The van der Waals surface area contributed by atoms with Crippen molar-refractivity contribution in [1.82, 2.24) is 9.88 Å². The van der Waals surface area contributed by atoms with Crippen LogP contribution in [0.5, 0.6) is 11.5 Å². The maximum Gasteiger partial charge on any atom is 0.170 e. The number of aliphatic hydroxyl groups is 1. The van der Waals surface area contributed by atoms with Crippen molar-refractivity contribution in [2.75, 3.05) is 27.3 Å². The van der Waals surface area contributed by atoms with Gasteiger partial charge in [-0.3, -0.25) is 4.90 Å². The summed E-state index contributed by atoms with van der Waals surface area (Å²) in [5.74, 6) is 1.81. The minimum absolute atomic E-state index is 0.234. The molecule has 3 rings (SSSR count). The van der Waals surface area contributed by atoms with Gasteiger partial charge in [-0.25, -0.2) is 4.98 Å². The number of rotatable bonds is 6. The molecule has 0 saturated carbocycles. The molecule has 0 aliphatic carbocycles. The van der Waals surface area contributed by atoms with E-state index >= 15 is 0 Å². The van der Waals surface area contributed by atoms with Crippen LogP contribution in [-0.4, -0.2) is 48.4 Å². The predicted molar refractivity (Wildman–Crippen MR) is 95.7 cm³/mol. The van der Waals surface area contributed by atoms with Crippen molar-refractivity contribution >= 4 is 11.3 Å². The van der Waals surface area contributed by atoms with Gasteiger partial charge in [0.1, 0.15) is 5.01 Å². The Kier molecular flexibility index (Phi) is 5.38. The van der Waals surface area contributed by atoms with Gasteiger partial charge in [0.2, 0.25) is 0 Å². The van der Waals surface area contributed by atoms with Crippen molar-refractivity contribution in [3.8, 4) is 22.1 Å². The van der Waals surface area contributed by atoms with Gasteiger partial charge in [-0.15, -0.1) is 11.3 Å². The Morgan fingerprint density at radius 3 is 2.88 bits per heavy atom. The van der Waals surface area contributed by atoms with Gasteiger partial charge in [0.25, 0.3) is 0 Å². The van der Waals surface area contributed by atoms with Gasteiger partial charge in [-0.2, -0.15) is 0 Å². The lowest BCUT2D eigenvalue weighted by Crippen LogP contribution is -2.24. The molecule has 1 fully saturated rings. The number of hydrogen-bond acceptors (Lipinski definition) is 6. The minimum Gasteiger partial charge on any atom is -0.493 e. The lowest BCUT2D eigenvalue weighted by atomic mass is 10.0. The number of aliphatic hydroxyl groups excluding tert-OH is 1. The molecule has 2 atom stereocenters. The first-order valence-electron chi connectivity index (χ1n) is 8.18. The van der Waals surface area contributed by atoms with E-state index in [9.17, 15) is 5.11 Å². The van der Waals surface area contributed by atoms with Crippen molar-refractivity contribution in [2.45, 2.75) is 26.0 Å². The van der Waals surface area contributed by atoms with Gasteiger partial charge in [0.15, 0.2) is 11.5 Å². The summed E-state index contributed by atoms with van der Waals surface area (Å²) < 4.78 is 10.9. The third kappa shape index (κ3) is 3.55. The van der Waals surface area contributed by atoms with Crippen LogP contribution < -0.4 is 9.47 Å².